The predicted octanol–water partition coefficient (Wildman–Crippen LogP) is 2.65. The van der Waals surface area contributed by atoms with Crippen LogP contribution in [0.4, 0.5) is 0 Å². The Morgan fingerprint density at radius 3 is 3.13 bits per heavy atom. The van der Waals surface area contributed by atoms with Crippen molar-refractivity contribution in [1.29, 1.82) is 0 Å². The second kappa shape index (κ2) is 5.71. The van der Waals surface area contributed by atoms with Crippen LogP contribution in [0.5, 0.6) is 0 Å². The van der Waals surface area contributed by atoms with Gasteiger partial charge in [0.05, 0.1) is 10.9 Å². The Morgan fingerprint density at radius 2 is 2.26 bits per heavy atom. The van der Waals surface area contributed by atoms with Crippen molar-refractivity contribution in [2.45, 2.75) is 55.8 Å². The molecule has 2 aromatic rings. The molecule has 1 amide bonds. The van der Waals surface area contributed by atoms with E-state index in [1.807, 2.05) is 6.92 Å². The quantitative estimate of drug-likeness (QED) is 0.922. The highest BCUT2D eigenvalue weighted by atomic mass is 32.2. The van der Waals surface area contributed by atoms with Gasteiger partial charge in [0, 0.05) is 30.1 Å². The number of amides is 1. The summed E-state index contributed by atoms with van der Waals surface area (Å²) in [5.41, 5.74) is 3.62. The fourth-order valence-corrected chi connectivity index (χ4v) is 4.78. The Morgan fingerprint density at radius 1 is 1.39 bits per heavy atom. The number of thioether (sulfide) groups is 1. The van der Waals surface area contributed by atoms with Crippen molar-refractivity contribution >= 4 is 17.7 Å². The second-order valence-electron chi connectivity index (χ2n) is 6.62. The molecule has 0 radical (unpaired) electrons. The van der Waals surface area contributed by atoms with Gasteiger partial charge in [0.25, 0.3) is 0 Å². The molecular formula is C18H21N3OS. The molecule has 1 aromatic carbocycles. The Balaban J connectivity index is 1.40. The van der Waals surface area contributed by atoms with Crippen LogP contribution < -0.4 is 5.32 Å². The number of carbonyl (C=O) groups excluding carboxylic acids is 1. The van der Waals surface area contributed by atoms with Gasteiger partial charge >= 0.3 is 0 Å². The molecule has 0 saturated heterocycles. The number of imidazole rings is 1. The minimum absolute atomic E-state index is 0.0118. The van der Waals surface area contributed by atoms with Crippen LogP contribution in [0.2, 0.25) is 0 Å². The van der Waals surface area contributed by atoms with Crippen LogP contribution >= 0.6 is 11.8 Å². The third kappa shape index (κ3) is 2.90. The highest BCUT2D eigenvalue weighted by molar-refractivity contribution is 8.01. The summed E-state index contributed by atoms with van der Waals surface area (Å²) in [5, 5.41) is 3.26. The molecule has 4 nitrogen and oxygen atoms in total. The largest absolute Gasteiger partial charge is 0.351 e. The lowest BCUT2D eigenvalue weighted by molar-refractivity contribution is -0.121. The van der Waals surface area contributed by atoms with E-state index in [0.717, 1.165) is 37.3 Å². The summed E-state index contributed by atoms with van der Waals surface area (Å²) in [6, 6.07) is 6.69. The smallest absolute Gasteiger partial charge is 0.234 e. The van der Waals surface area contributed by atoms with Crippen LogP contribution in [0.1, 0.15) is 29.1 Å². The van der Waals surface area contributed by atoms with Gasteiger partial charge in [-0.15, -0.1) is 11.8 Å². The first-order valence-electron chi connectivity index (χ1n) is 8.18. The number of aryl methyl sites for hydroxylation is 3. The first-order valence-corrected chi connectivity index (χ1v) is 9.05. The maximum absolute atomic E-state index is 12.6. The van der Waals surface area contributed by atoms with Crippen molar-refractivity contribution in [1.82, 2.24) is 14.9 Å². The summed E-state index contributed by atoms with van der Waals surface area (Å²) < 4.78 is 2.18. The summed E-state index contributed by atoms with van der Waals surface area (Å²) in [7, 11) is 0. The van der Waals surface area contributed by atoms with Gasteiger partial charge in [0.1, 0.15) is 5.82 Å². The molecule has 1 aromatic heterocycles. The number of fused-ring (bicyclic) bond motifs is 2. The molecule has 1 N–H and O–H groups in total. The molecule has 0 aliphatic carbocycles. The number of hydrogen-bond acceptors (Lipinski definition) is 3. The monoisotopic (exact) mass is 327 g/mol. The fraction of sp³-hybridized carbons (Fsp3) is 0.444. The molecule has 4 rings (SSSR count). The fourth-order valence-electron chi connectivity index (χ4n) is 3.48. The van der Waals surface area contributed by atoms with Crippen molar-refractivity contribution in [2.24, 2.45) is 0 Å². The number of nitrogens with zero attached hydrogens (tertiary/aromatic N) is 2. The van der Waals surface area contributed by atoms with Crippen LogP contribution in [-0.2, 0) is 24.2 Å². The molecular weight excluding hydrogens is 306 g/mol. The van der Waals surface area contributed by atoms with Crippen LogP contribution in [-0.4, -0.2) is 26.8 Å². The number of hydrogen-bond donors (Lipinski definition) is 1. The number of carbonyl (C=O) groups is 1. The summed E-state index contributed by atoms with van der Waals surface area (Å²) in [5.74, 6) is 1.32. The molecule has 2 atom stereocenters. The molecule has 0 saturated carbocycles. The Labute approximate surface area is 140 Å². The van der Waals surface area contributed by atoms with Gasteiger partial charge in [-0.2, -0.15) is 0 Å². The molecule has 0 spiro atoms. The zero-order valence-corrected chi connectivity index (χ0v) is 14.3. The average molecular weight is 327 g/mol. The van der Waals surface area contributed by atoms with E-state index in [2.05, 4.69) is 46.2 Å². The van der Waals surface area contributed by atoms with Crippen LogP contribution in [0.25, 0.3) is 0 Å². The predicted molar refractivity (Wildman–Crippen MR) is 91.7 cm³/mol. The van der Waals surface area contributed by atoms with Crippen LogP contribution in [0.15, 0.2) is 29.3 Å². The van der Waals surface area contributed by atoms with Crippen LogP contribution in [0, 0.1) is 13.8 Å². The third-order valence-corrected chi connectivity index (χ3v) is 5.95. The molecule has 0 fully saturated rings. The van der Waals surface area contributed by atoms with E-state index in [0.29, 0.717) is 0 Å². The first-order chi connectivity index (χ1) is 11.1. The van der Waals surface area contributed by atoms with E-state index in [9.17, 15) is 4.79 Å². The Kier molecular flexibility index (Phi) is 3.68. The Hall–Kier alpha value is -1.75. The lowest BCUT2D eigenvalue weighted by Gasteiger charge is -2.25. The van der Waals surface area contributed by atoms with Crippen molar-refractivity contribution in [2.75, 3.05) is 0 Å². The highest BCUT2D eigenvalue weighted by Crippen LogP contribution is 2.37. The van der Waals surface area contributed by atoms with E-state index >= 15 is 0 Å². The van der Waals surface area contributed by atoms with Gasteiger partial charge in [-0.25, -0.2) is 4.98 Å². The van der Waals surface area contributed by atoms with Crippen molar-refractivity contribution < 1.29 is 4.79 Å². The summed E-state index contributed by atoms with van der Waals surface area (Å²) in [4.78, 5) is 18.4. The maximum atomic E-state index is 12.6. The van der Waals surface area contributed by atoms with Gasteiger partial charge in [-0.05, 0) is 38.3 Å². The second-order valence-corrected chi connectivity index (χ2v) is 7.86. The maximum Gasteiger partial charge on any atom is 0.234 e. The molecule has 0 unspecified atom stereocenters. The summed E-state index contributed by atoms with van der Waals surface area (Å²) in [6.45, 7) is 4.96. The minimum atomic E-state index is 0.0118. The zero-order chi connectivity index (χ0) is 16.0. The normalized spacial score (nSPS) is 22.5. The van der Waals surface area contributed by atoms with E-state index in [1.54, 1.807) is 11.8 Å². The van der Waals surface area contributed by atoms with Gasteiger partial charge in [0.15, 0.2) is 0 Å². The van der Waals surface area contributed by atoms with Crippen molar-refractivity contribution in [3.05, 3.63) is 47.0 Å². The standard InChI is InChI=1S/C18H21N3OS/c1-11-3-4-13-8-16(23-15(13)7-11)18(22)20-14-5-6-17-19-12(2)9-21(17)10-14/h3-4,7,9,14,16H,5-6,8,10H2,1-2H3,(H,20,22)/t14-,16-/m0/s1. The lowest BCUT2D eigenvalue weighted by atomic mass is 10.1. The zero-order valence-electron chi connectivity index (χ0n) is 13.5. The van der Waals surface area contributed by atoms with Gasteiger partial charge in [0.2, 0.25) is 5.91 Å². The molecule has 2 aliphatic rings. The summed E-state index contributed by atoms with van der Waals surface area (Å²) >= 11 is 1.71. The van der Waals surface area contributed by atoms with Gasteiger partial charge in [-0.1, -0.05) is 17.7 Å². The van der Waals surface area contributed by atoms with Gasteiger partial charge < -0.3 is 9.88 Å². The summed E-state index contributed by atoms with van der Waals surface area (Å²) in [6.07, 6.45) is 4.84. The molecule has 3 heterocycles. The molecule has 120 valence electrons. The van der Waals surface area contributed by atoms with Crippen LogP contribution in [0.3, 0.4) is 0 Å². The average Bonchev–Trinajstić information content (AvgIpc) is 3.08. The molecule has 23 heavy (non-hydrogen) atoms. The molecule has 2 aliphatic heterocycles. The number of rotatable bonds is 2. The lowest BCUT2D eigenvalue weighted by Crippen LogP contribution is -2.44. The molecule has 0 bridgehead atoms. The minimum Gasteiger partial charge on any atom is -0.351 e. The molecule has 5 heteroatoms. The van der Waals surface area contributed by atoms with Crippen molar-refractivity contribution in [3.8, 4) is 0 Å². The number of aromatic nitrogens is 2. The number of nitrogens with one attached hydrogen (secondary N) is 1. The topological polar surface area (TPSA) is 46.9 Å². The third-order valence-electron chi connectivity index (χ3n) is 4.65. The SMILES string of the molecule is Cc1ccc2c(c1)S[C@H](C(=O)N[C@H]1CCc3nc(C)cn3C1)C2. The van der Waals surface area contributed by atoms with E-state index in [4.69, 9.17) is 0 Å². The van der Waals surface area contributed by atoms with Gasteiger partial charge in [-0.3, -0.25) is 4.79 Å². The van der Waals surface area contributed by atoms with Crippen molar-refractivity contribution in [3.63, 3.8) is 0 Å². The van der Waals surface area contributed by atoms with E-state index < -0.39 is 0 Å². The van der Waals surface area contributed by atoms with E-state index in [-0.39, 0.29) is 17.2 Å². The number of benzene rings is 1. The highest BCUT2D eigenvalue weighted by Gasteiger charge is 2.30. The Bertz CT molecular complexity index is 768. The van der Waals surface area contributed by atoms with E-state index in [1.165, 1.54) is 16.0 Å². The first kappa shape index (κ1) is 14.8.